The van der Waals surface area contributed by atoms with Gasteiger partial charge in [0.05, 0.1) is 16.6 Å². The largest absolute Gasteiger partial charge is 0.379 e. The summed E-state index contributed by atoms with van der Waals surface area (Å²) in [6.07, 6.45) is 6.22. The summed E-state index contributed by atoms with van der Waals surface area (Å²) in [6, 6.07) is 6.45. The third-order valence-electron chi connectivity index (χ3n) is 3.67. The number of nitro benzene ring substituents is 1. The van der Waals surface area contributed by atoms with Gasteiger partial charge in [-0.3, -0.25) is 10.1 Å². The van der Waals surface area contributed by atoms with Crippen LogP contribution in [0.1, 0.15) is 37.7 Å². The van der Waals surface area contributed by atoms with E-state index in [2.05, 4.69) is 5.32 Å². The number of hydrogen-bond acceptors (Lipinski definition) is 4. The zero-order valence-electron chi connectivity index (χ0n) is 10.8. The van der Waals surface area contributed by atoms with E-state index in [0.717, 1.165) is 18.9 Å². The van der Waals surface area contributed by atoms with E-state index in [1.54, 1.807) is 12.1 Å². The maximum atomic E-state index is 11.0. The minimum absolute atomic E-state index is 0.0227. The first kappa shape index (κ1) is 13.3. The molecule has 0 aliphatic heterocycles. The molecule has 0 saturated heterocycles. The summed E-state index contributed by atoms with van der Waals surface area (Å²) in [7, 11) is 0. The van der Waals surface area contributed by atoms with Gasteiger partial charge >= 0.3 is 0 Å². The van der Waals surface area contributed by atoms with Gasteiger partial charge in [-0.05, 0) is 24.5 Å². The highest BCUT2D eigenvalue weighted by Crippen LogP contribution is 2.29. The van der Waals surface area contributed by atoms with Crippen LogP contribution in [0, 0.1) is 27.4 Å². The molecule has 0 atom stereocenters. The molecule has 1 aliphatic rings. The quantitative estimate of drug-likeness (QED) is 0.648. The standard InChI is InChI=1S/C14H17N3O2/c15-10-12-5-6-13(14(9-12)17(18)19)16-8-7-11-3-1-2-4-11/h5-6,9,11,16H,1-4,7-8H2. The molecule has 1 aromatic carbocycles. The molecular formula is C14H17N3O2. The Hall–Kier alpha value is -2.09. The molecule has 1 fully saturated rings. The molecule has 19 heavy (non-hydrogen) atoms. The van der Waals surface area contributed by atoms with Crippen molar-refractivity contribution >= 4 is 11.4 Å². The summed E-state index contributed by atoms with van der Waals surface area (Å²) in [4.78, 5) is 10.5. The lowest BCUT2D eigenvalue weighted by Gasteiger charge is -2.11. The summed E-state index contributed by atoms with van der Waals surface area (Å²) in [5.74, 6) is 0.755. The van der Waals surface area contributed by atoms with E-state index in [9.17, 15) is 10.1 Å². The van der Waals surface area contributed by atoms with Crippen LogP contribution in [0.3, 0.4) is 0 Å². The molecule has 5 nitrogen and oxygen atoms in total. The van der Waals surface area contributed by atoms with E-state index < -0.39 is 4.92 Å². The Morgan fingerprint density at radius 1 is 1.42 bits per heavy atom. The van der Waals surface area contributed by atoms with Crippen LogP contribution in [0.4, 0.5) is 11.4 Å². The van der Waals surface area contributed by atoms with Gasteiger partial charge in [0, 0.05) is 12.6 Å². The second-order valence-electron chi connectivity index (χ2n) is 4.97. The van der Waals surface area contributed by atoms with E-state index in [-0.39, 0.29) is 5.69 Å². The number of nitrogens with zero attached hydrogens (tertiary/aromatic N) is 2. The average molecular weight is 259 g/mol. The van der Waals surface area contributed by atoms with Gasteiger partial charge < -0.3 is 5.32 Å². The molecule has 1 aromatic rings. The van der Waals surface area contributed by atoms with Crippen LogP contribution in [-0.4, -0.2) is 11.5 Å². The van der Waals surface area contributed by atoms with Crippen molar-refractivity contribution in [1.29, 1.82) is 5.26 Å². The van der Waals surface area contributed by atoms with Crippen LogP contribution in [0.2, 0.25) is 0 Å². The van der Waals surface area contributed by atoms with Gasteiger partial charge in [0.2, 0.25) is 0 Å². The van der Waals surface area contributed by atoms with Gasteiger partial charge in [-0.15, -0.1) is 0 Å². The number of nitro groups is 1. The van der Waals surface area contributed by atoms with Crippen molar-refractivity contribution in [2.45, 2.75) is 32.1 Å². The first-order valence-corrected chi connectivity index (χ1v) is 6.63. The summed E-state index contributed by atoms with van der Waals surface area (Å²) in [6.45, 7) is 0.747. The molecular weight excluding hydrogens is 242 g/mol. The predicted molar refractivity (Wildman–Crippen MR) is 72.9 cm³/mol. The minimum Gasteiger partial charge on any atom is -0.379 e. The van der Waals surface area contributed by atoms with Crippen LogP contribution in [-0.2, 0) is 0 Å². The second-order valence-corrected chi connectivity index (χ2v) is 4.97. The fourth-order valence-corrected chi connectivity index (χ4v) is 2.61. The molecule has 2 rings (SSSR count). The third-order valence-corrected chi connectivity index (χ3v) is 3.67. The van der Waals surface area contributed by atoms with E-state index in [1.165, 1.54) is 31.7 Å². The van der Waals surface area contributed by atoms with Crippen molar-refractivity contribution in [3.05, 3.63) is 33.9 Å². The lowest BCUT2D eigenvalue weighted by Crippen LogP contribution is -2.08. The first-order valence-electron chi connectivity index (χ1n) is 6.63. The number of nitriles is 1. The maximum Gasteiger partial charge on any atom is 0.293 e. The molecule has 0 bridgehead atoms. The summed E-state index contributed by atoms with van der Waals surface area (Å²) in [5, 5.41) is 22.8. The van der Waals surface area contributed by atoms with Crippen molar-refractivity contribution in [1.82, 2.24) is 0 Å². The highest BCUT2D eigenvalue weighted by molar-refractivity contribution is 5.63. The van der Waals surface area contributed by atoms with Crippen LogP contribution in [0.15, 0.2) is 18.2 Å². The molecule has 1 saturated carbocycles. The van der Waals surface area contributed by atoms with E-state index in [4.69, 9.17) is 5.26 Å². The number of rotatable bonds is 5. The minimum atomic E-state index is -0.446. The Balaban J connectivity index is 1.98. The summed E-state index contributed by atoms with van der Waals surface area (Å²) in [5.41, 5.74) is 0.792. The molecule has 5 heteroatoms. The summed E-state index contributed by atoms with van der Waals surface area (Å²) >= 11 is 0. The number of nitrogens with one attached hydrogen (secondary N) is 1. The predicted octanol–water partition coefficient (Wildman–Crippen LogP) is 3.46. The van der Waals surface area contributed by atoms with E-state index >= 15 is 0 Å². The van der Waals surface area contributed by atoms with Crippen LogP contribution in [0.25, 0.3) is 0 Å². The monoisotopic (exact) mass is 259 g/mol. The smallest absolute Gasteiger partial charge is 0.293 e. The first-order chi connectivity index (χ1) is 9.20. The zero-order chi connectivity index (χ0) is 13.7. The van der Waals surface area contributed by atoms with Gasteiger partial charge in [-0.25, -0.2) is 0 Å². The normalized spacial score (nSPS) is 15.1. The SMILES string of the molecule is N#Cc1ccc(NCCC2CCCC2)c([N+](=O)[O-])c1. The fraction of sp³-hybridized carbons (Fsp3) is 0.500. The molecule has 0 aromatic heterocycles. The van der Waals surface area contributed by atoms with E-state index in [0.29, 0.717) is 11.3 Å². The molecule has 0 heterocycles. The zero-order valence-corrected chi connectivity index (χ0v) is 10.8. The van der Waals surface area contributed by atoms with Crippen molar-refractivity contribution in [3.63, 3.8) is 0 Å². The number of anilines is 1. The van der Waals surface area contributed by atoms with Gasteiger partial charge in [0.25, 0.3) is 5.69 Å². The Labute approximate surface area is 112 Å². The van der Waals surface area contributed by atoms with Gasteiger partial charge in [0.1, 0.15) is 5.69 Å². The molecule has 100 valence electrons. The second kappa shape index (κ2) is 6.19. The Kier molecular flexibility index (Phi) is 4.35. The van der Waals surface area contributed by atoms with Gasteiger partial charge in [-0.1, -0.05) is 25.7 Å². The molecule has 0 unspecified atom stereocenters. The highest BCUT2D eigenvalue weighted by Gasteiger charge is 2.17. The lowest BCUT2D eigenvalue weighted by atomic mass is 10.0. The molecule has 0 amide bonds. The molecule has 1 aliphatic carbocycles. The molecule has 0 spiro atoms. The van der Waals surface area contributed by atoms with Gasteiger partial charge in [-0.2, -0.15) is 5.26 Å². The number of benzene rings is 1. The molecule has 1 N–H and O–H groups in total. The van der Waals surface area contributed by atoms with Gasteiger partial charge in [0.15, 0.2) is 0 Å². The molecule has 0 radical (unpaired) electrons. The van der Waals surface area contributed by atoms with Crippen molar-refractivity contribution in [3.8, 4) is 6.07 Å². The fourth-order valence-electron chi connectivity index (χ4n) is 2.61. The van der Waals surface area contributed by atoms with Crippen molar-refractivity contribution < 1.29 is 4.92 Å². The summed E-state index contributed by atoms with van der Waals surface area (Å²) < 4.78 is 0. The van der Waals surface area contributed by atoms with Crippen LogP contribution >= 0.6 is 0 Å². The average Bonchev–Trinajstić information content (AvgIpc) is 2.92. The Morgan fingerprint density at radius 2 is 2.16 bits per heavy atom. The lowest BCUT2D eigenvalue weighted by molar-refractivity contribution is -0.384. The van der Waals surface area contributed by atoms with Crippen LogP contribution in [0.5, 0.6) is 0 Å². The number of hydrogen-bond donors (Lipinski definition) is 1. The topological polar surface area (TPSA) is 79.0 Å². The van der Waals surface area contributed by atoms with Crippen molar-refractivity contribution in [2.75, 3.05) is 11.9 Å². The van der Waals surface area contributed by atoms with Crippen molar-refractivity contribution in [2.24, 2.45) is 5.92 Å². The third kappa shape index (κ3) is 3.44. The Bertz CT molecular complexity index is 502. The Morgan fingerprint density at radius 3 is 2.79 bits per heavy atom. The highest BCUT2D eigenvalue weighted by atomic mass is 16.6. The van der Waals surface area contributed by atoms with E-state index in [1.807, 2.05) is 6.07 Å². The maximum absolute atomic E-state index is 11.0. The van der Waals surface area contributed by atoms with Crippen LogP contribution < -0.4 is 5.32 Å².